The van der Waals surface area contributed by atoms with Gasteiger partial charge in [0.2, 0.25) is 0 Å². The van der Waals surface area contributed by atoms with Crippen molar-refractivity contribution >= 4 is 29.0 Å². The van der Waals surface area contributed by atoms with E-state index in [9.17, 15) is 9.18 Å². The van der Waals surface area contributed by atoms with Crippen molar-refractivity contribution in [1.82, 2.24) is 0 Å². The van der Waals surface area contributed by atoms with E-state index in [-0.39, 0.29) is 10.8 Å². The highest BCUT2D eigenvalue weighted by atomic mass is 35.5. The molecular weight excluding hydrogens is 302 g/mol. The van der Waals surface area contributed by atoms with Gasteiger partial charge in [0, 0.05) is 22.7 Å². The van der Waals surface area contributed by atoms with E-state index in [0.29, 0.717) is 16.3 Å². The summed E-state index contributed by atoms with van der Waals surface area (Å²) in [4.78, 5) is 11.8. The Kier molecular flexibility index (Phi) is 4.77. The normalized spacial score (nSPS) is 10.8. The summed E-state index contributed by atoms with van der Waals surface area (Å²) in [5, 5.41) is 0.516. The number of ether oxygens (including phenoxy) is 1. The molecule has 0 fully saturated rings. The Morgan fingerprint density at radius 2 is 1.80 bits per heavy atom. The van der Waals surface area contributed by atoms with Gasteiger partial charge in [0.05, 0.1) is 11.3 Å². The van der Waals surface area contributed by atoms with E-state index in [4.69, 9.17) is 27.9 Å². The van der Waals surface area contributed by atoms with Crippen molar-refractivity contribution in [2.75, 3.05) is 0 Å². The molecule has 102 valence electrons. The summed E-state index contributed by atoms with van der Waals surface area (Å²) in [5.41, 5.74) is 0.492. The molecule has 2 aromatic carbocycles. The number of hydrogen-bond donors (Lipinski definition) is 0. The molecule has 0 saturated carbocycles. The molecule has 0 heterocycles. The second-order valence-corrected chi connectivity index (χ2v) is 4.71. The van der Waals surface area contributed by atoms with Crippen LogP contribution in [0.15, 0.2) is 54.8 Å². The number of carbonyl (C=O) groups excluding carboxylic acids is 1. The predicted octanol–water partition coefficient (Wildman–Crippen LogP) is 4.91. The highest BCUT2D eigenvalue weighted by Crippen LogP contribution is 2.21. The van der Waals surface area contributed by atoms with Gasteiger partial charge in [0.1, 0.15) is 11.6 Å². The molecule has 2 rings (SSSR count). The maximum atomic E-state index is 12.9. The fourth-order valence-corrected chi connectivity index (χ4v) is 1.73. The van der Waals surface area contributed by atoms with Crippen LogP contribution in [0.2, 0.25) is 10.0 Å². The van der Waals surface area contributed by atoms with Crippen LogP contribution < -0.4 is 4.74 Å². The first-order valence-electron chi connectivity index (χ1n) is 5.64. The van der Waals surface area contributed by atoms with Crippen molar-refractivity contribution in [2.45, 2.75) is 0 Å². The quantitative estimate of drug-likeness (QED) is 0.456. The lowest BCUT2D eigenvalue weighted by Crippen LogP contribution is -1.94. The summed E-state index contributed by atoms with van der Waals surface area (Å²) >= 11 is 11.3. The smallest absolute Gasteiger partial charge is 0.188 e. The standard InChI is InChI=1S/C15H9Cl2FO2/c16-11-3-1-10(2-4-11)15(19)7-8-20-12-5-6-14(18)13(17)9-12/h1-9H. The Morgan fingerprint density at radius 3 is 2.45 bits per heavy atom. The number of benzene rings is 2. The first-order chi connectivity index (χ1) is 9.56. The number of carbonyl (C=O) groups is 1. The average molecular weight is 311 g/mol. The lowest BCUT2D eigenvalue weighted by molar-refractivity contribution is 0.104. The van der Waals surface area contributed by atoms with Gasteiger partial charge in [0.15, 0.2) is 5.78 Å². The van der Waals surface area contributed by atoms with Gasteiger partial charge >= 0.3 is 0 Å². The zero-order chi connectivity index (χ0) is 14.5. The lowest BCUT2D eigenvalue weighted by Gasteiger charge is -2.01. The summed E-state index contributed by atoms with van der Waals surface area (Å²) in [5.74, 6) is -0.410. The molecule has 0 aliphatic heterocycles. The van der Waals surface area contributed by atoms with Gasteiger partial charge in [-0.25, -0.2) is 4.39 Å². The summed E-state index contributed by atoms with van der Waals surface area (Å²) in [6.45, 7) is 0. The van der Waals surface area contributed by atoms with Crippen LogP contribution in [0.5, 0.6) is 5.75 Å². The Labute approximate surface area is 125 Å². The van der Waals surface area contributed by atoms with Crippen LogP contribution in [0.25, 0.3) is 0 Å². The van der Waals surface area contributed by atoms with E-state index < -0.39 is 5.82 Å². The molecule has 0 spiro atoms. The van der Waals surface area contributed by atoms with Crippen molar-refractivity contribution in [1.29, 1.82) is 0 Å². The monoisotopic (exact) mass is 310 g/mol. The fraction of sp³-hybridized carbons (Fsp3) is 0. The minimum atomic E-state index is -0.528. The SMILES string of the molecule is O=C(C=COc1ccc(F)c(Cl)c1)c1ccc(Cl)cc1. The Morgan fingerprint density at radius 1 is 1.10 bits per heavy atom. The zero-order valence-corrected chi connectivity index (χ0v) is 11.7. The van der Waals surface area contributed by atoms with Gasteiger partial charge in [-0.05, 0) is 36.4 Å². The topological polar surface area (TPSA) is 26.3 Å². The molecule has 20 heavy (non-hydrogen) atoms. The van der Waals surface area contributed by atoms with E-state index in [1.165, 1.54) is 30.5 Å². The van der Waals surface area contributed by atoms with Crippen LogP contribution in [-0.2, 0) is 0 Å². The molecule has 0 unspecified atom stereocenters. The predicted molar refractivity (Wildman–Crippen MR) is 77.0 cm³/mol. The van der Waals surface area contributed by atoms with Crippen molar-refractivity contribution < 1.29 is 13.9 Å². The highest BCUT2D eigenvalue weighted by Gasteiger charge is 2.02. The van der Waals surface area contributed by atoms with Crippen LogP contribution >= 0.6 is 23.2 Å². The van der Waals surface area contributed by atoms with E-state index in [2.05, 4.69) is 0 Å². The van der Waals surface area contributed by atoms with Crippen LogP contribution in [-0.4, -0.2) is 5.78 Å². The largest absolute Gasteiger partial charge is 0.465 e. The summed E-state index contributed by atoms with van der Waals surface area (Å²) in [7, 11) is 0. The summed E-state index contributed by atoms with van der Waals surface area (Å²) in [6, 6.07) is 10.4. The number of allylic oxidation sites excluding steroid dienone is 1. The molecule has 5 heteroatoms. The van der Waals surface area contributed by atoms with Gasteiger partial charge in [-0.1, -0.05) is 23.2 Å². The molecule has 2 nitrogen and oxygen atoms in total. The molecule has 2 aromatic rings. The molecule has 0 bridgehead atoms. The maximum Gasteiger partial charge on any atom is 0.188 e. The minimum absolute atomic E-state index is 0.0417. The van der Waals surface area contributed by atoms with E-state index >= 15 is 0 Å². The van der Waals surface area contributed by atoms with Crippen LogP contribution in [0.3, 0.4) is 0 Å². The molecule has 0 aliphatic carbocycles. The number of halogens is 3. The molecule has 0 amide bonds. The molecule has 0 radical (unpaired) electrons. The third-order valence-electron chi connectivity index (χ3n) is 2.44. The van der Waals surface area contributed by atoms with Gasteiger partial charge in [-0.2, -0.15) is 0 Å². The minimum Gasteiger partial charge on any atom is -0.465 e. The maximum absolute atomic E-state index is 12.9. The van der Waals surface area contributed by atoms with E-state index in [1.807, 2.05) is 0 Å². The Balaban J connectivity index is 2.00. The van der Waals surface area contributed by atoms with Crippen LogP contribution in [0.4, 0.5) is 4.39 Å². The molecular formula is C15H9Cl2FO2. The molecule has 0 aliphatic rings. The molecule has 0 atom stereocenters. The fourth-order valence-electron chi connectivity index (χ4n) is 1.43. The van der Waals surface area contributed by atoms with Crippen molar-refractivity contribution in [3.05, 3.63) is 76.2 Å². The average Bonchev–Trinajstić information content (AvgIpc) is 2.43. The van der Waals surface area contributed by atoms with Crippen LogP contribution in [0.1, 0.15) is 10.4 Å². The second kappa shape index (κ2) is 6.55. The van der Waals surface area contributed by atoms with Crippen molar-refractivity contribution in [2.24, 2.45) is 0 Å². The highest BCUT2D eigenvalue weighted by molar-refractivity contribution is 6.31. The zero-order valence-electron chi connectivity index (χ0n) is 10.1. The van der Waals surface area contributed by atoms with Gasteiger partial charge < -0.3 is 4.74 Å². The number of rotatable bonds is 4. The van der Waals surface area contributed by atoms with Crippen molar-refractivity contribution in [3.63, 3.8) is 0 Å². The Hall–Kier alpha value is -1.84. The summed E-state index contributed by atoms with van der Waals surface area (Å²) in [6.07, 6.45) is 2.49. The van der Waals surface area contributed by atoms with Gasteiger partial charge in [-0.15, -0.1) is 0 Å². The van der Waals surface area contributed by atoms with Crippen molar-refractivity contribution in [3.8, 4) is 5.75 Å². The van der Waals surface area contributed by atoms with Crippen LogP contribution in [0, 0.1) is 5.82 Å². The first kappa shape index (κ1) is 14.6. The molecule has 0 saturated heterocycles. The first-order valence-corrected chi connectivity index (χ1v) is 6.40. The lowest BCUT2D eigenvalue weighted by atomic mass is 10.1. The molecule has 0 N–H and O–H groups in total. The third kappa shape index (κ3) is 3.83. The second-order valence-electron chi connectivity index (χ2n) is 3.87. The number of hydrogen-bond acceptors (Lipinski definition) is 2. The van der Waals surface area contributed by atoms with Gasteiger partial charge in [-0.3, -0.25) is 4.79 Å². The third-order valence-corrected chi connectivity index (χ3v) is 2.98. The van der Waals surface area contributed by atoms with E-state index in [0.717, 1.165) is 0 Å². The van der Waals surface area contributed by atoms with E-state index in [1.54, 1.807) is 24.3 Å². The Bertz CT molecular complexity index is 651. The number of ketones is 1. The molecule has 0 aromatic heterocycles. The van der Waals surface area contributed by atoms with Gasteiger partial charge in [0.25, 0.3) is 0 Å². The summed E-state index contributed by atoms with van der Waals surface area (Å²) < 4.78 is 18.1.